The Balaban J connectivity index is 1.90. The van der Waals surface area contributed by atoms with Crippen LogP contribution in [0.3, 0.4) is 0 Å². The fourth-order valence-electron chi connectivity index (χ4n) is 2.72. The predicted octanol–water partition coefficient (Wildman–Crippen LogP) is 2.12. The van der Waals surface area contributed by atoms with Crippen LogP contribution in [0.1, 0.15) is 30.4 Å². The fraction of sp³-hybridized carbons (Fsp3) is 0.294. The number of nitrogens with zero attached hydrogens (tertiary/aromatic N) is 1. The first-order chi connectivity index (χ1) is 12.0. The lowest BCUT2D eigenvalue weighted by Crippen LogP contribution is -2.36. The summed E-state index contributed by atoms with van der Waals surface area (Å²) in [6.07, 6.45) is 2.58. The average Bonchev–Trinajstić information content (AvgIpc) is 2.61. The van der Waals surface area contributed by atoms with E-state index in [0.717, 1.165) is 12.0 Å². The molecule has 0 unspecified atom stereocenters. The summed E-state index contributed by atoms with van der Waals surface area (Å²) < 4.78 is 0. The van der Waals surface area contributed by atoms with Crippen molar-refractivity contribution in [1.29, 1.82) is 0 Å². The number of hydrogen-bond acceptors (Lipinski definition) is 5. The van der Waals surface area contributed by atoms with Crippen molar-refractivity contribution >= 4 is 35.1 Å². The first kappa shape index (κ1) is 17.2. The fourth-order valence-corrected chi connectivity index (χ4v) is 3.10. The molecule has 0 aliphatic carbocycles. The Morgan fingerprint density at radius 3 is 2.68 bits per heavy atom. The van der Waals surface area contributed by atoms with Gasteiger partial charge in [-0.05, 0) is 30.4 Å². The molecular weight excluding hydrogens is 340 g/mol. The summed E-state index contributed by atoms with van der Waals surface area (Å²) in [7, 11) is 0. The molecule has 1 aromatic heterocycles. The van der Waals surface area contributed by atoms with E-state index >= 15 is 0 Å². The number of nitrogens with one attached hydrogen (secondary N) is 3. The molecule has 1 aliphatic rings. The van der Waals surface area contributed by atoms with Gasteiger partial charge in [-0.25, -0.2) is 4.98 Å². The molecule has 1 aliphatic heterocycles. The number of anilines is 2. The van der Waals surface area contributed by atoms with E-state index in [1.165, 1.54) is 11.8 Å². The van der Waals surface area contributed by atoms with Crippen LogP contribution in [0.5, 0.6) is 0 Å². The van der Waals surface area contributed by atoms with Gasteiger partial charge in [0.15, 0.2) is 5.16 Å². The number of fused-ring (bicyclic) bond motifs is 1. The third-order valence-electron chi connectivity index (χ3n) is 4.07. The number of carbonyl (C=O) groups is 2. The van der Waals surface area contributed by atoms with Crippen LogP contribution >= 0.6 is 11.8 Å². The molecule has 25 heavy (non-hydrogen) atoms. The minimum atomic E-state index is -0.873. The Labute approximate surface area is 148 Å². The van der Waals surface area contributed by atoms with Crippen molar-refractivity contribution in [3.8, 4) is 0 Å². The van der Waals surface area contributed by atoms with Gasteiger partial charge in [0.2, 0.25) is 11.8 Å². The van der Waals surface area contributed by atoms with Crippen molar-refractivity contribution in [2.75, 3.05) is 16.9 Å². The summed E-state index contributed by atoms with van der Waals surface area (Å²) in [6.45, 7) is 2.05. The highest BCUT2D eigenvalue weighted by atomic mass is 32.2. The molecule has 0 spiro atoms. The Kier molecular flexibility index (Phi) is 4.89. The van der Waals surface area contributed by atoms with Crippen LogP contribution in [0.25, 0.3) is 0 Å². The van der Waals surface area contributed by atoms with Gasteiger partial charge >= 0.3 is 0 Å². The van der Waals surface area contributed by atoms with Gasteiger partial charge < -0.3 is 15.6 Å². The van der Waals surface area contributed by atoms with Crippen molar-refractivity contribution in [3.63, 3.8) is 0 Å². The number of amides is 2. The summed E-state index contributed by atoms with van der Waals surface area (Å²) in [5.41, 5.74) is 1.57. The Hall–Kier alpha value is -2.61. The quantitative estimate of drug-likeness (QED) is 0.574. The van der Waals surface area contributed by atoms with E-state index in [1.807, 2.05) is 19.1 Å². The second kappa shape index (κ2) is 7.10. The molecule has 7 nitrogen and oxygen atoms in total. The highest BCUT2D eigenvalue weighted by Gasteiger charge is 2.34. The van der Waals surface area contributed by atoms with Gasteiger partial charge in [0.25, 0.3) is 5.56 Å². The number of carbonyl (C=O) groups excluding carboxylic acids is 2. The zero-order chi connectivity index (χ0) is 18.0. The first-order valence-corrected chi connectivity index (χ1v) is 9.12. The second-order valence-electron chi connectivity index (χ2n) is 5.68. The lowest BCUT2D eigenvalue weighted by atomic mass is 9.92. The molecule has 8 heteroatoms. The van der Waals surface area contributed by atoms with E-state index in [0.29, 0.717) is 10.8 Å². The first-order valence-electron chi connectivity index (χ1n) is 7.89. The molecule has 0 saturated carbocycles. The molecule has 0 saturated heterocycles. The minimum absolute atomic E-state index is 0.0880. The van der Waals surface area contributed by atoms with Gasteiger partial charge in [0.1, 0.15) is 5.82 Å². The van der Waals surface area contributed by atoms with Gasteiger partial charge in [-0.15, -0.1) is 0 Å². The number of aromatic amines is 1. The third-order valence-corrected chi connectivity index (χ3v) is 4.65. The zero-order valence-electron chi connectivity index (χ0n) is 13.9. The van der Waals surface area contributed by atoms with Crippen molar-refractivity contribution in [2.24, 2.45) is 0 Å². The Bertz CT molecular complexity index is 876. The standard InChI is InChI=1S/C17H18N4O3S/c1-3-9-4-6-10(7-5-9)18-15(23)11-8-12(22)19-14-13(11)16(24)21-17(20-14)25-2/h4-7,11H,3,8H2,1-2H3,(H,18,23)(H2,19,20,21,22,24)/t11-/m0/s1. The van der Waals surface area contributed by atoms with E-state index in [2.05, 4.69) is 20.6 Å². The maximum atomic E-state index is 12.7. The van der Waals surface area contributed by atoms with E-state index < -0.39 is 17.4 Å². The summed E-state index contributed by atoms with van der Waals surface area (Å²) in [5, 5.41) is 5.74. The lowest BCUT2D eigenvalue weighted by molar-refractivity contribution is -0.123. The van der Waals surface area contributed by atoms with E-state index in [4.69, 9.17) is 0 Å². The third kappa shape index (κ3) is 3.58. The number of thioether (sulfide) groups is 1. The van der Waals surface area contributed by atoms with Crippen molar-refractivity contribution in [2.45, 2.75) is 30.8 Å². The Morgan fingerprint density at radius 1 is 1.32 bits per heavy atom. The molecule has 2 heterocycles. The van der Waals surface area contributed by atoms with E-state index in [9.17, 15) is 14.4 Å². The van der Waals surface area contributed by atoms with Crippen LogP contribution in [-0.4, -0.2) is 28.0 Å². The van der Waals surface area contributed by atoms with Gasteiger partial charge in [0.05, 0.1) is 11.5 Å². The lowest BCUT2D eigenvalue weighted by Gasteiger charge is -2.23. The largest absolute Gasteiger partial charge is 0.326 e. The number of hydrogen-bond donors (Lipinski definition) is 3. The molecule has 1 atom stereocenters. The average molecular weight is 358 g/mol. The van der Waals surface area contributed by atoms with Crippen LogP contribution in [0, 0.1) is 0 Å². The zero-order valence-corrected chi connectivity index (χ0v) is 14.7. The summed E-state index contributed by atoms with van der Waals surface area (Å²) in [5.74, 6) is -1.45. The molecule has 0 radical (unpaired) electrons. The topological polar surface area (TPSA) is 104 Å². The predicted molar refractivity (Wildman–Crippen MR) is 97.1 cm³/mol. The smallest absolute Gasteiger partial charge is 0.257 e. The second-order valence-corrected chi connectivity index (χ2v) is 6.48. The number of aromatic nitrogens is 2. The molecule has 2 aromatic rings. The molecular formula is C17H18N4O3S. The molecule has 0 bridgehead atoms. The van der Waals surface area contributed by atoms with Gasteiger partial charge in [-0.2, -0.15) is 0 Å². The highest BCUT2D eigenvalue weighted by molar-refractivity contribution is 7.98. The molecule has 0 fully saturated rings. The Morgan fingerprint density at radius 2 is 2.04 bits per heavy atom. The normalized spacial score (nSPS) is 16.1. The van der Waals surface area contributed by atoms with Crippen LogP contribution in [0.15, 0.2) is 34.2 Å². The maximum absolute atomic E-state index is 12.7. The minimum Gasteiger partial charge on any atom is -0.326 e. The van der Waals surface area contributed by atoms with Gasteiger partial charge in [-0.3, -0.25) is 14.4 Å². The number of rotatable bonds is 4. The van der Waals surface area contributed by atoms with Crippen LogP contribution in [-0.2, 0) is 16.0 Å². The highest BCUT2D eigenvalue weighted by Crippen LogP contribution is 2.30. The van der Waals surface area contributed by atoms with Crippen LogP contribution in [0.2, 0.25) is 0 Å². The van der Waals surface area contributed by atoms with Crippen molar-refractivity contribution < 1.29 is 9.59 Å². The summed E-state index contributed by atoms with van der Waals surface area (Å²) >= 11 is 1.25. The SMILES string of the molecule is CCc1ccc(NC(=O)[C@H]2CC(=O)Nc3nc(SC)[nH]c(=O)c32)cc1. The molecule has 3 rings (SSSR count). The summed E-state index contributed by atoms with van der Waals surface area (Å²) in [4.78, 5) is 43.8. The van der Waals surface area contributed by atoms with E-state index in [-0.39, 0.29) is 23.7 Å². The van der Waals surface area contributed by atoms with Crippen molar-refractivity contribution in [1.82, 2.24) is 9.97 Å². The molecule has 130 valence electrons. The monoisotopic (exact) mass is 358 g/mol. The number of H-pyrrole nitrogens is 1. The summed E-state index contributed by atoms with van der Waals surface area (Å²) in [6, 6.07) is 7.46. The molecule has 3 N–H and O–H groups in total. The van der Waals surface area contributed by atoms with Gasteiger partial charge in [0, 0.05) is 12.1 Å². The van der Waals surface area contributed by atoms with E-state index in [1.54, 1.807) is 18.4 Å². The van der Waals surface area contributed by atoms with Crippen molar-refractivity contribution in [3.05, 3.63) is 45.7 Å². The van der Waals surface area contributed by atoms with Crippen LogP contribution < -0.4 is 16.2 Å². The van der Waals surface area contributed by atoms with Gasteiger partial charge in [-0.1, -0.05) is 30.8 Å². The molecule has 1 aromatic carbocycles. The maximum Gasteiger partial charge on any atom is 0.257 e. The van der Waals surface area contributed by atoms with Crippen LogP contribution in [0.4, 0.5) is 11.5 Å². The molecule has 2 amide bonds. The number of aryl methyl sites for hydroxylation is 1. The number of benzene rings is 1.